The number of benzene rings is 2. The van der Waals surface area contributed by atoms with E-state index in [4.69, 9.17) is 16.0 Å². The lowest BCUT2D eigenvalue weighted by molar-refractivity contribution is 0.515. The maximum absolute atomic E-state index is 5.87. The summed E-state index contributed by atoms with van der Waals surface area (Å²) < 4.78 is 5.65. The van der Waals surface area contributed by atoms with E-state index in [2.05, 4.69) is 46.7 Å². The summed E-state index contributed by atoms with van der Waals surface area (Å²) in [5.41, 5.74) is 3.20. The van der Waals surface area contributed by atoms with Crippen molar-refractivity contribution in [3.05, 3.63) is 65.0 Å². The predicted octanol–water partition coefficient (Wildman–Crippen LogP) is 4.56. The number of halogens is 1. The van der Waals surface area contributed by atoms with E-state index in [-0.39, 0.29) is 0 Å². The molecule has 2 aromatic carbocycles. The summed E-state index contributed by atoms with van der Waals surface area (Å²) in [5, 5.41) is 12.1. The highest BCUT2D eigenvalue weighted by atomic mass is 35.5. The number of hydrogen-bond donors (Lipinski definition) is 1. The van der Waals surface area contributed by atoms with Crippen LogP contribution in [0, 0.1) is 0 Å². The lowest BCUT2D eigenvalue weighted by Gasteiger charge is -2.04. The number of rotatable bonds is 5. The zero-order valence-electron chi connectivity index (χ0n) is 12.2. The lowest BCUT2D eigenvalue weighted by atomic mass is 10.1. The van der Waals surface area contributed by atoms with Gasteiger partial charge in [0.25, 0.3) is 0 Å². The third-order valence-electron chi connectivity index (χ3n) is 3.36. The molecule has 0 fully saturated rings. The van der Waals surface area contributed by atoms with E-state index in [1.807, 2.05) is 12.1 Å². The first-order valence-electron chi connectivity index (χ1n) is 7.15. The molecule has 22 heavy (non-hydrogen) atoms. The number of nitrogens with zero attached hydrogens (tertiary/aromatic N) is 2. The molecule has 3 rings (SSSR count). The summed E-state index contributed by atoms with van der Waals surface area (Å²) in [6.45, 7) is 2.63. The van der Waals surface area contributed by atoms with Crippen molar-refractivity contribution in [2.24, 2.45) is 0 Å². The quantitative estimate of drug-likeness (QED) is 0.750. The molecule has 1 aromatic heterocycles. The fraction of sp³-hybridized carbons (Fsp3) is 0.176. The maximum atomic E-state index is 5.87. The fourth-order valence-electron chi connectivity index (χ4n) is 2.07. The maximum Gasteiger partial charge on any atom is 0.247 e. The smallest absolute Gasteiger partial charge is 0.247 e. The summed E-state index contributed by atoms with van der Waals surface area (Å²) in [5.74, 6) is 1.04. The van der Waals surface area contributed by atoms with Gasteiger partial charge in [-0.1, -0.05) is 30.7 Å². The van der Waals surface area contributed by atoms with E-state index in [1.165, 1.54) is 5.56 Å². The highest BCUT2D eigenvalue weighted by molar-refractivity contribution is 6.30. The Hall–Kier alpha value is -2.33. The number of aromatic nitrogens is 2. The Labute approximate surface area is 134 Å². The van der Waals surface area contributed by atoms with Crippen molar-refractivity contribution in [1.29, 1.82) is 0 Å². The van der Waals surface area contributed by atoms with Crippen LogP contribution in [0.3, 0.4) is 0 Å². The van der Waals surface area contributed by atoms with Gasteiger partial charge in [0.1, 0.15) is 0 Å². The Morgan fingerprint density at radius 3 is 2.41 bits per heavy atom. The van der Waals surface area contributed by atoms with Crippen molar-refractivity contribution in [3.8, 4) is 11.5 Å². The Kier molecular flexibility index (Phi) is 4.39. The molecule has 0 aliphatic rings. The molecule has 0 spiro atoms. The van der Waals surface area contributed by atoms with Gasteiger partial charge in [0, 0.05) is 16.3 Å². The Morgan fingerprint density at radius 1 is 1.00 bits per heavy atom. The Bertz CT molecular complexity index is 735. The second-order valence-electron chi connectivity index (χ2n) is 4.91. The van der Waals surface area contributed by atoms with E-state index in [0.29, 0.717) is 23.3 Å². The summed E-state index contributed by atoms with van der Waals surface area (Å²) >= 11 is 5.87. The Balaban J connectivity index is 1.65. The van der Waals surface area contributed by atoms with E-state index < -0.39 is 0 Å². The Morgan fingerprint density at radius 2 is 1.73 bits per heavy atom. The van der Waals surface area contributed by atoms with Crippen LogP contribution >= 0.6 is 11.6 Å². The zero-order valence-corrected chi connectivity index (χ0v) is 13.0. The average molecular weight is 314 g/mol. The largest absolute Gasteiger partial charge is 0.419 e. The molecule has 0 radical (unpaired) electrons. The van der Waals surface area contributed by atoms with Gasteiger partial charge >= 0.3 is 0 Å². The molecular weight excluding hydrogens is 298 g/mol. The van der Waals surface area contributed by atoms with Crippen LogP contribution < -0.4 is 5.32 Å². The fourth-order valence-corrected chi connectivity index (χ4v) is 2.20. The van der Waals surface area contributed by atoms with Crippen LogP contribution in [-0.2, 0) is 13.0 Å². The standard InChI is InChI=1S/C17H16ClN3O/c1-2-12-3-9-15(10-4-12)19-11-16-20-21-17(22-16)13-5-7-14(18)8-6-13/h3-10,19H,2,11H2,1H3. The van der Waals surface area contributed by atoms with Gasteiger partial charge in [-0.05, 0) is 48.4 Å². The number of anilines is 1. The van der Waals surface area contributed by atoms with Crippen LogP contribution in [0.5, 0.6) is 0 Å². The van der Waals surface area contributed by atoms with Crippen LogP contribution in [0.1, 0.15) is 18.4 Å². The molecule has 4 nitrogen and oxygen atoms in total. The molecule has 0 atom stereocenters. The molecule has 0 saturated heterocycles. The molecule has 0 saturated carbocycles. The first-order valence-corrected chi connectivity index (χ1v) is 7.53. The van der Waals surface area contributed by atoms with Gasteiger partial charge in [-0.3, -0.25) is 0 Å². The molecule has 0 aliphatic carbocycles. The first kappa shape index (κ1) is 14.6. The topological polar surface area (TPSA) is 51.0 Å². The van der Waals surface area contributed by atoms with Gasteiger partial charge in [0.05, 0.1) is 6.54 Å². The minimum absolute atomic E-state index is 0.492. The van der Waals surface area contributed by atoms with Gasteiger partial charge < -0.3 is 9.73 Å². The lowest BCUT2D eigenvalue weighted by Crippen LogP contribution is -1.99. The van der Waals surface area contributed by atoms with Crippen LogP contribution in [0.15, 0.2) is 52.9 Å². The first-order chi connectivity index (χ1) is 10.7. The molecule has 1 heterocycles. The minimum atomic E-state index is 0.492. The van der Waals surface area contributed by atoms with Gasteiger partial charge in [-0.2, -0.15) is 0 Å². The van der Waals surface area contributed by atoms with Crippen molar-refractivity contribution in [2.45, 2.75) is 19.9 Å². The zero-order chi connectivity index (χ0) is 15.4. The third-order valence-corrected chi connectivity index (χ3v) is 3.62. The molecule has 1 N–H and O–H groups in total. The van der Waals surface area contributed by atoms with Crippen molar-refractivity contribution in [1.82, 2.24) is 10.2 Å². The van der Waals surface area contributed by atoms with E-state index >= 15 is 0 Å². The summed E-state index contributed by atoms with van der Waals surface area (Å²) in [6, 6.07) is 15.6. The SMILES string of the molecule is CCc1ccc(NCc2nnc(-c3ccc(Cl)cc3)o2)cc1. The average Bonchev–Trinajstić information content (AvgIpc) is 3.03. The molecule has 3 aromatic rings. The van der Waals surface area contributed by atoms with Crippen molar-refractivity contribution in [3.63, 3.8) is 0 Å². The molecule has 5 heteroatoms. The van der Waals surface area contributed by atoms with Gasteiger partial charge in [-0.25, -0.2) is 0 Å². The van der Waals surface area contributed by atoms with Crippen LogP contribution in [-0.4, -0.2) is 10.2 Å². The molecule has 0 bridgehead atoms. The van der Waals surface area contributed by atoms with E-state index in [1.54, 1.807) is 12.1 Å². The predicted molar refractivity (Wildman–Crippen MR) is 87.9 cm³/mol. The number of aryl methyl sites for hydroxylation is 1. The highest BCUT2D eigenvalue weighted by Crippen LogP contribution is 2.20. The number of hydrogen-bond acceptors (Lipinski definition) is 4. The normalized spacial score (nSPS) is 10.6. The van der Waals surface area contributed by atoms with Gasteiger partial charge in [-0.15, -0.1) is 10.2 Å². The van der Waals surface area contributed by atoms with Gasteiger partial charge in [0.2, 0.25) is 11.8 Å². The molecule has 0 amide bonds. The highest BCUT2D eigenvalue weighted by Gasteiger charge is 2.08. The van der Waals surface area contributed by atoms with Crippen LogP contribution in [0.4, 0.5) is 5.69 Å². The second kappa shape index (κ2) is 6.62. The summed E-state index contributed by atoms with van der Waals surface area (Å²) in [7, 11) is 0. The number of nitrogens with one attached hydrogen (secondary N) is 1. The molecular formula is C17H16ClN3O. The van der Waals surface area contributed by atoms with Crippen LogP contribution in [0.25, 0.3) is 11.5 Å². The molecule has 0 unspecified atom stereocenters. The monoisotopic (exact) mass is 313 g/mol. The van der Waals surface area contributed by atoms with Crippen molar-refractivity contribution < 1.29 is 4.42 Å². The minimum Gasteiger partial charge on any atom is -0.419 e. The van der Waals surface area contributed by atoms with Crippen LogP contribution in [0.2, 0.25) is 5.02 Å². The van der Waals surface area contributed by atoms with E-state index in [9.17, 15) is 0 Å². The van der Waals surface area contributed by atoms with E-state index in [0.717, 1.165) is 17.7 Å². The summed E-state index contributed by atoms with van der Waals surface area (Å²) in [6.07, 6.45) is 1.04. The molecule has 112 valence electrons. The molecule has 0 aliphatic heterocycles. The second-order valence-corrected chi connectivity index (χ2v) is 5.35. The summed E-state index contributed by atoms with van der Waals surface area (Å²) in [4.78, 5) is 0. The third kappa shape index (κ3) is 3.46. The van der Waals surface area contributed by atoms with Crippen molar-refractivity contribution in [2.75, 3.05) is 5.32 Å². The van der Waals surface area contributed by atoms with Crippen molar-refractivity contribution >= 4 is 17.3 Å². The van der Waals surface area contributed by atoms with Gasteiger partial charge in [0.15, 0.2) is 0 Å².